The van der Waals surface area contributed by atoms with Crippen molar-refractivity contribution < 1.29 is 4.74 Å². The Kier molecular flexibility index (Phi) is 6.08. The van der Waals surface area contributed by atoms with Gasteiger partial charge in [0.1, 0.15) is 6.07 Å². The minimum absolute atomic E-state index is 0.209. The van der Waals surface area contributed by atoms with Crippen molar-refractivity contribution in [3.63, 3.8) is 0 Å². The van der Waals surface area contributed by atoms with Gasteiger partial charge in [0.25, 0.3) is 0 Å². The number of nitrogens with one attached hydrogen (secondary N) is 1. The lowest BCUT2D eigenvalue weighted by molar-refractivity contribution is 0.112. The topological polar surface area (TPSA) is 67.7 Å². The van der Waals surface area contributed by atoms with Crippen LogP contribution in [0.5, 0.6) is 0 Å². The average molecular weight is 480 g/mol. The van der Waals surface area contributed by atoms with E-state index in [1.165, 1.54) is 22.5 Å². The molecule has 4 heterocycles. The molecule has 0 saturated carbocycles. The molecule has 7 nitrogen and oxygen atoms in total. The standard InChI is InChI=1S/C28H33BN6O/c1-18-14-34(25-7-3-19(12-30)28-24(25)6-8-27(29)32-28)17-26-23-5-4-21(11-20(23)15-35(18)26)33-10-9-31-13-22(16-33)36-2/h3-8,11,18,22,26,31H,9-10,13-17,29H2,1-2H3/t18-,22?,26-/m1/s1. The zero-order valence-corrected chi connectivity index (χ0v) is 21.4. The van der Waals surface area contributed by atoms with Gasteiger partial charge >= 0.3 is 0 Å². The van der Waals surface area contributed by atoms with Gasteiger partial charge in [0, 0.05) is 75.7 Å². The third kappa shape index (κ3) is 4.02. The van der Waals surface area contributed by atoms with E-state index in [1.54, 1.807) is 7.11 Å². The molecule has 0 radical (unpaired) electrons. The van der Waals surface area contributed by atoms with Gasteiger partial charge in [-0.25, -0.2) is 0 Å². The molecule has 2 fully saturated rings. The fourth-order valence-corrected chi connectivity index (χ4v) is 6.24. The van der Waals surface area contributed by atoms with Gasteiger partial charge in [0.2, 0.25) is 0 Å². The molecule has 0 bridgehead atoms. The number of hydrogen-bond donors (Lipinski definition) is 1. The Hall–Kier alpha value is -3.12. The Labute approximate surface area is 214 Å². The summed E-state index contributed by atoms with van der Waals surface area (Å²) >= 11 is 0. The van der Waals surface area contributed by atoms with Gasteiger partial charge in [-0.3, -0.25) is 9.88 Å². The van der Waals surface area contributed by atoms with E-state index >= 15 is 0 Å². The molecule has 1 aromatic heterocycles. The second-order valence-corrected chi connectivity index (χ2v) is 10.4. The maximum atomic E-state index is 9.64. The second-order valence-electron chi connectivity index (χ2n) is 10.4. The van der Waals surface area contributed by atoms with Gasteiger partial charge in [-0.05, 0) is 54.0 Å². The van der Waals surface area contributed by atoms with Crippen molar-refractivity contribution in [3.05, 3.63) is 59.2 Å². The molecule has 1 N–H and O–H groups in total. The smallest absolute Gasteiger partial charge is 0.163 e. The second kappa shape index (κ2) is 9.40. The van der Waals surface area contributed by atoms with Crippen LogP contribution in [0.25, 0.3) is 10.9 Å². The monoisotopic (exact) mass is 480 g/mol. The van der Waals surface area contributed by atoms with E-state index in [0.29, 0.717) is 17.6 Å². The van der Waals surface area contributed by atoms with Gasteiger partial charge < -0.3 is 19.9 Å². The Morgan fingerprint density at radius 2 is 2.00 bits per heavy atom. The van der Waals surface area contributed by atoms with E-state index in [-0.39, 0.29) is 6.10 Å². The quantitative estimate of drug-likeness (QED) is 0.571. The van der Waals surface area contributed by atoms with Crippen LogP contribution in [-0.2, 0) is 11.3 Å². The molecule has 3 aliphatic heterocycles. The van der Waals surface area contributed by atoms with Crippen LogP contribution in [-0.4, -0.2) is 76.3 Å². The summed E-state index contributed by atoms with van der Waals surface area (Å²) in [4.78, 5) is 12.3. The molecule has 0 aliphatic carbocycles. The lowest BCUT2D eigenvalue weighted by Crippen LogP contribution is -2.51. The van der Waals surface area contributed by atoms with Gasteiger partial charge in [-0.15, -0.1) is 0 Å². The predicted octanol–water partition coefficient (Wildman–Crippen LogP) is 1.55. The van der Waals surface area contributed by atoms with E-state index in [2.05, 4.69) is 63.3 Å². The van der Waals surface area contributed by atoms with Crippen LogP contribution in [0.3, 0.4) is 0 Å². The minimum Gasteiger partial charge on any atom is -0.378 e. The molecule has 8 heteroatoms. The summed E-state index contributed by atoms with van der Waals surface area (Å²) in [5, 5.41) is 14.2. The van der Waals surface area contributed by atoms with Crippen LogP contribution in [0.2, 0.25) is 0 Å². The molecule has 6 rings (SSSR count). The lowest BCUT2D eigenvalue weighted by Gasteiger charge is -2.44. The summed E-state index contributed by atoms with van der Waals surface area (Å²) in [6.07, 6.45) is 0.209. The van der Waals surface area contributed by atoms with Crippen molar-refractivity contribution in [1.82, 2.24) is 15.2 Å². The van der Waals surface area contributed by atoms with Crippen molar-refractivity contribution in [2.24, 2.45) is 0 Å². The zero-order valence-electron chi connectivity index (χ0n) is 21.4. The first-order valence-corrected chi connectivity index (χ1v) is 13.0. The lowest BCUT2D eigenvalue weighted by atomic mass is 9.98. The average Bonchev–Trinajstić information content (AvgIpc) is 3.09. The zero-order chi connectivity index (χ0) is 24.8. The molecule has 0 amide bonds. The Morgan fingerprint density at radius 3 is 2.83 bits per heavy atom. The van der Waals surface area contributed by atoms with Crippen LogP contribution in [0.1, 0.15) is 29.7 Å². The number of hydrogen-bond acceptors (Lipinski definition) is 7. The van der Waals surface area contributed by atoms with E-state index in [9.17, 15) is 5.26 Å². The third-order valence-corrected chi connectivity index (χ3v) is 8.17. The number of nitriles is 1. The van der Waals surface area contributed by atoms with Crippen LogP contribution in [0.4, 0.5) is 11.4 Å². The van der Waals surface area contributed by atoms with Crippen LogP contribution < -0.4 is 20.7 Å². The van der Waals surface area contributed by atoms with Crippen LogP contribution in [0, 0.1) is 11.3 Å². The molecule has 3 aliphatic rings. The fraction of sp³-hybridized carbons (Fsp3) is 0.429. The van der Waals surface area contributed by atoms with Crippen molar-refractivity contribution in [2.45, 2.75) is 31.7 Å². The van der Waals surface area contributed by atoms with E-state index in [0.717, 1.165) is 62.3 Å². The SMILES string of the molecule is Bc1ccc2c(N3C[C@@H](C)N4Cc5cc(N6CCNCC(OC)C6)ccc5[C@H]4C3)ccc(C#N)c2n1. The van der Waals surface area contributed by atoms with Gasteiger partial charge in [0.05, 0.1) is 23.2 Å². The number of benzene rings is 2. The third-order valence-electron chi connectivity index (χ3n) is 8.17. The maximum absolute atomic E-state index is 9.64. The Morgan fingerprint density at radius 1 is 1.11 bits per heavy atom. The first kappa shape index (κ1) is 23.3. The van der Waals surface area contributed by atoms with Crippen LogP contribution in [0.15, 0.2) is 42.5 Å². The van der Waals surface area contributed by atoms with Gasteiger partial charge in [0.15, 0.2) is 7.85 Å². The van der Waals surface area contributed by atoms with Crippen molar-refractivity contribution in [2.75, 3.05) is 56.2 Å². The summed E-state index contributed by atoms with van der Waals surface area (Å²) in [6.45, 7) is 9.02. The molecular weight excluding hydrogens is 447 g/mol. The molecule has 1 unspecified atom stereocenters. The van der Waals surface area contributed by atoms with Crippen molar-refractivity contribution in [1.29, 1.82) is 5.26 Å². The summed E-state index contributed by atoms with van der Waals surface area (Å²) < 4.78 is 5.67. The normalized spacial score (nSPS) is 24.3. The number of aromatic nitrogens is 1. The minimum atomic E-state index is 0.209. The van der Waals surface area contributed by atoms with E-state index < -0.39 is 0 Å². The van der Waals surface area contributed by atoms with E-state index in [1.807, 2.05) is 20.0 Å². The largest absolute Gasteiger partial charge is 0.378 e. The number of anilines is 2. The highest BCUT2D eigenvalue weighted by molar-refractivity contribution is 6.31. The number of methoxy groups -OCH3 is 1. The number of rotatable bonds is 3. The molecule has 0 spiro atoms. The first-order valence-electron chi connectivity index (χ1n) is 13.0. The molecule has 3 atom stereocenters. The summed E-state index contributed by atoms with van der Waals surface area (Å²) in [5.74, 6) is 0. The molecule has 3 aromatic rings. The highest BCUT2D eigenvalue weighted by Crippen LogP contribution is 2.42. The number of pyridine rings is 1. The summed E-state index contributed by atoms with van der Waals surface area (Å²) in [6, 6.07) is 18.4. The number of ether oxygens (including phenoxy) is 1. The number of piperazine rings is 1. The molecule has 2 saturated heterocycles. The van der Waals surface area contributed by atoms with Gasteiger partial charge in [-0.2, -0.15) is 5.26 Å². The first-order chi connectivity index (χ1) is 17.6. The highest BCUT2D eigenvalue weighted by atomic mass is 16.5. The predicted molar refractivity (Wildman–Crippen MR) is 147 cm³/mol. The highest BCUT2D eigenvalue weighted by Gasteiger charge is 2.39. The van der Waals surface area contributed by atoms with Crippen molar-refractivity contribution >= 4 is 35.7 Å². The molecular formula is C28H33BN6O. The maximum Gasteiger partial charge on any atom is 0.163 e. The summed E-state index contributed by atoms with van der Waals surface area (Å²) in [7, 11) is 3.79. The Balaban J connectivity index is 1.30. The number of nitrogens with zero attached hydrogens (tertiary/aromatic N) is 5. The Bertz CT molecular complexity index is 1340. The molecule has 36 heavy (non-hydrogen) atoms. The van der Waals surface area contributed by atoms with Crippen molar-refractivity contribution in [3.8, 4) is 6.07 Å². The summed E-state index contributed by atoms with van der Waals surface area (Å²) in [5.41, 5.74) is 7.74. The van der Waals surface area contributed by atoms with E-state index in [4.69, 9.17) is 9.72 Å². The molecule has 2 aromatic carbocycles. The molecule has 184 valence electrons. The number of fused-ring (bicyclic) bond motifs is 4. The van der Waals surface area contributed by atoms with Crippen LogP contribution >= 0.6 is 0 Å². The fourth-order valence-electron chi connectivity index (χ4n) is 6.24. The van der Waals surface area contributed by atoms with Gasteiger partial charge in [-0.1, -0.05) is 12.1 Å².